The first-order valence-corrected chi connectivity index (χ1v) is 7.79. The van der Waals surface area contributed by atoms with Crippen LogP contribution in [0.5, 0.6) is 0 Å². The van der Waals surface area contributed by atoms with E-state index >= 15 is 0 Å². The van der Waals surface area contributed by atoms with Crippen molar-refractivity contribution in [3.63, 3.8) is 0 Å². The summed E-state index contributed by atoms with van der Waals surface area (Å²) < 4.78 is 0. The van der Waals surface area contributed by atoms with Crippen LogP contribution in [0.2, 0.25) is 0 Å². The van der Waals surface area contributed by atoms with Crippen LogP contribution < -0.4 is 10.6 Å². The number of benzene rings is 1. The van der Waals surface area contributed by atoms with Gasteiger partial charge in [-0.05, 0) is 31.9 Å². The molecule has 0 aromatic heterocycles. The molecule has 1 aromatic rings. The zero-order valence-corrected chi connectivity index (χ0v) is 12.7. The zero-order chi connectivity index (χ0) is 15.1. The molecule has 2 rings (SSSR count). The standard InChI is InChI=1S/C17H24N2O2/c1-13(20)14-6-5-9-16(12-14)19-17(21)10-11-18-15-7-3-2-4-8-15/h5-6,9,12,15,18H,2-4,7-8,10-11H2,1H3,(H,19,21). The van der Waals surface area contributed by atoms with E-state index in [2.05, 4.69) is 10.6 Å². The molecule has 0 radical (unpaired) electrons. The van der Waals surface area contributed by atoms with Crippen LogP contribution in [0.4, 0.5) is 5.69 Å². The Morgan fingerprint density at radius 3 is 2.67 bits per heavy atom. The molecular formula is C17H24N2O2. The molecule has 114 valence electrons. The molecule has 1 aromatic carbocycles. The number of ketones is 1. The van der Waals surface area contributed by atoms with Crippen LogP contribution in [0.3, 0.4) is 0 Å². The highest BCUT2D eigenvalue weighted by atomic mass is 16.1. The average molecular weight is 288 g/mol. The zero-order valence-electron chi connectivity index (χ0n) is 12.7. The first-order valence-electron chi connectivity index (χ1n) is 7.79. The molecule has 0 spiro atoms. The van der Waals surface area contributed by atoms with Crippen LogP contribution in [0, 0.1) is 0 Å². The number of Topliss-reactive ketones (excluding diaryl/α,β-unsaturated/α-hetero) is 1. The van der Waals surface area contributed by atoms with Crippen molar-refractivity contribution in [2.45, 2.75) is 51.5 Å². The first-order chi connectivity index (χ1) is 10.1. The third kappa shape index (κ3) is 5.31. The summed E-state index contributed by atoms with van der Waals surface area (Å²) in [5.41, 5.74) is 1.30. The lowest BCUT2D eigenvalue weighted by Crippen LogP contribution is -2.33. The molecule has 4 nitrogen and oxygen atoms in total. The van der Waals surface area contributed by atoms with Crippen molar-refractivity contribution < 1.29 is 9.59 Å². The Balaban J connectivity index is 1.73. The number of hydrogen-bond acceptors (Lipinski definition) is 3. The van der Waals surface area contributed by atoms with Gasteiger partial charge < -0.3 is 10.6 Å². The Kier molecular flexibility index (Phi) is 5.93. The fraction of sp³-hybridized carbons (Fsp3) is 0.529. The van der Waals surface area contributed by atoms with E-state index in [1.165, 1.54) is 39.0 Å². The van der Waals surface area contributed by atoms with Crippen LogP contribution in [-0.4, -0.2) is 24.3 Å². The highest BCUT2D eigenvalue weighted by Crippen LogP contribution is 2.17. The minimum Gasteiger partial charge on any atom is -0.326 e. The Hall–Kier alpha value is -1.68. The third-order valence-corrected chi connectivity index (χ3v) is 3.94. The van der Waals surface area contributed by atoms with Gasteiger partial charge in [0.15, 0.2) is 5.78 Å². The first kappa shape index (κ1) is 15.7. The van der Waals surface area contributed by atoms with Crippen molar-refractivity contribution >= 4 is 17.4 Å². The lowest BCUT2D eigenvalue weighted by molar-refractivity contribution is -0.116. The van der Waals surface area contributed by atoms with Gasteiger partial charge >= 0.3 is 0 Å². The maximum atomic E-state index is 11.9. The van der Waals surface area contributed by atoms with E-state index < -0.39 is 0 Å². The molecule has 1 saturated carbocycles. The SMILES string of the molecule is CC(=O)c1cccc(NC(=O)CCNC2CCCCC2)c1. The Morgan fingerprint density at radius 1 is 1.19 bits per heavy atom. The molecule has 4 heteroatoms. The van der Waals surface area contributed by atoms with Crippen LogP contribution in [0.25, 0.3) is 0 Å². The topological polar surface area (TPSA) is 58.2 Å². The molecule has 21 heavy (non-hydrogen) atoms. The van der Waals surface area contributed by atoms with Gasteiger partial charge in [0.25, 0.3) is 0 Å². The molecule has 0 heterocycles. The molecule has 0 saturated heterocycles. The van der Waals surface area contributed by atoms with E-state index in [0.717, 1.165) is 0 Å². The van der Waals surface area contributed by atoms with Gasteiger partial charge in [0.2, 0.25) is 5.91 Å². The molecule has 1 aliphatic carbocycles. The van der Waals surface area contributed by atoms with Crippen molar-refractivity contribution in [2.24, 2.45) is 0 Å². The number of nitrogens with one attached hydrogen (secondary N) is 2. The van der Waals surface area contributed by atoms with Crippen molar-refractivity contribution in [2.75, 3.05) is 11.9 Å². The van der Waals surface area contributed by atoms with Gasteiger partial charge in [0, 0.05) is 30.3 Å². The molecular weight excluding hydrogens is 264 g/mol. The fourth-order valence-corrected chi connectivity index (χ4v) is 2.74. The molecule has 0 unspecified atom stereocenters. The Labute approximate surface area is 126 Å². The number of amides is 1. The van der Waals surface area contributed by atoms with E-state index in [1.807, 2.05) is 0 Å². The summed E-state index contributed by atoms with van der Waals surface area (Å²) in [5, 5.41) is 6.30. The quantitative estimate of drug-likeness (QED) is 0.791. The maximum absolute atomic E-state index is 11.9. The van der Waals surface area contributed by atoms with Crippen molar-refractivity contribution in [1.29, 1.82) is 0 Å². The second-order valence-corrected chi connectivity index (χ2v) is 5.72. The van der Waals surface area contributed by atoms with Crippen LogP contribution in [-0.2, 0) is 4.79 Å². The van der Waals surface area contributed by atoms with E-state index in [9.17, 15) is 9.59 Å². The van der Waals surface area contributed by atoms with Gasteiger partial charge in [0.1, 0.15) is 0 Å². The molecule has 0 atom stereocenters. The summed E-state index contributed by atoms with van der Waals surface area (Å²) in [4.78, 5) is 23.2. The monoisotopic (exact) mass is 288 g/mol. The Morgan fingerprint density at radius 2 is 1.95 bits per heavy atom. The minimum atomic E-state index is -0.0148. The summed E-state index contributed by atoms with van der Waals surface area (Å²) in [6.45, 7) is 2.23. The number of carbonyl (C=O) groups excluding carboxylic acids is 2. The second kappa shape index (κ2) is 7.93. The average Bonchev–Trinajstić information content (AvgIpc) is 2.48. The van der Waals surface area contributed by atoms with Crippen LogP contribution >= 0.6 is 0 Å². The summed E-state index contributed by atoms with van der Waals surface area (Å²) in [6, 6.07) is 7.63. The van der Waals surface area contributed by atoms with Crippen LogP contribution in [0.1, 0.15) is 55.8 Å². The molecule has 0 aliphatic heterocycles. The summed E-state index contributed by atoms with van der Waals surface area (Å²) in [7, 11) is 0. The highest BCUT2D eigenvalue weighted by molar-refractivity contribution is 5.97. The predicted molar refractivity (Wildman–Crippen MR) is 84.6 cm³/mol. The van der Waals surface area contributed by atoms with Crippen molar-refractivity contribution in [3.8, 4) is 0 Å². The van der Waals surface area contributed by atoms with Gasteiger partial charge in [-0.1, -0.05) is 31.4 Å². The van der Waals surface area contributed by atoms with Crippen molar-refractivity contribution in [1.82, 2.24) is 5.32 Å². The summed E-state index contributed by atoms with van der Waals surface area (Å²) in [5.74, 6) is -0.0101. The molecule has 2 N–H and O–H groups in total. The fourth-order valence-electron chi connectivity index (χ4n) is 2.74. The highest BCUT2D eigenvalue weighted by Gasteiger charge is 2.12. The van der Waals surface area contributed by atoms with Gasteiger partial charge in [-0.2, -0.15) is 0 Å². The van der Waals surface area contributed by atoms with Gasteiger partial charge in [-0.25, -0.2) is 0 Å². The lowest BCUT2D eigenvalue weighted by Gasteiger charge is -2.22. The smallest absolute Gasteiger partial charge is 0.225 e. The number of hydrogen-bond donors (Lipinski definition) is 2. The molecule has 1 aliphatic rings. The van der Waals surface area contributed by atoms with Gasteiger partial charge in [0.05, 0.1) is 0 Å². The molecule has 1 fully saturated rings. The summed E-state index contributed by atoms with van der Waals surface area (Å²) >= 11 is 0. The number of anilines is 1. The Bertz CT molecular complexity index is 493. The van der Waals surface area contributed by atoms with E-state index in [4.69, 9.17) is 0 Å². The molecule has 0 bridgehead atoms. The number of carbonyl (C=O) groups is 2. The lowest BCUT2D eigenvalue weighted by atomic mass is 9.95. The van der Waals surface area contributed by atoms with Crippen molar-refractivity contribution in [3.05, 3.63) is 29.8 Å². The molecule has 1 amide bonds. The van der Waals surface area contributed by atoms with Crippen LogP contribution in [0.15, 0.2) is 24.3 Å². The van der Waals surface area contributed by atoms with E-state index in [0.29, 0.717) is 30.3 Å². The minimum absolute atomic E-state index is 0.00469. The van der Waals surface area contributed by atoms with Gasteiger partial charge in [-0.3, -0.25) is 9.59 Å². The normalized spacial score (nSPS) is 15.7. The third-order valence-electron chi connectivity index (χ3n) is 3.94. The van der Waals surface area contributed by atoms with Gasteiger partial charge in [-0.15, -0.1) is 0 Å². The van der Waals surface area contributed by atoms with E-state index in [-0.39, 0.29) is 11.7 Å². The largest absolute Gasteiger partial charge is 0.326 e. The predicted octanol–water partition coefficient (Wildman–Crippen LogP) is 3.14. The summed E-state index contributed by atoms with van der Waals surface area (Å²) in [6.07, 6.45) is 6.83. The maximum Gasteiger partial charge on any atom is 0.225 e. The second-order valence-electron chi connectivity index (χ2n) is 5.72. The van der Waals surface area contributed by atoms with E-state index in [1.54, 1.807) is 24.3 Å². The number of rotatable bonds is 6.